The minimum atomic E-state index is -0.583. The van der Waals surface area contributed by atoms with Crippen LogP contribution in [0.5, 0.6) is 0 Å². The minimum absolute atomic E-state index is 0.232. The first-order valence-electron chi connectivity index (χ1n) is 8.60. The van der Waals surface area contributed by atoms with Gasteiger partial charge >= 0.3 is 18.0 Å². The van der Waals surface area contributed by atoms with Crippen LogP contribution in [0.4, 0.5) is 10.5 Å². The molecule has 1 aromatic rings. The molecule has 0 aliphatic heterocycles. The SMILES string of the molecule is CCOC(=O)CC(=O)OCCCc1ccc(NC(=O)OC(C)(C)C)cc1. The molecule has 7 heteroatoms. The predicted molar refractivity (Wildman–Crippen MR) is 96.8 cm³/mol. The number of aryl methyl sites for hydroxylation is 1. The van der Waals surface area contributed by atoms with Crippen molar-refractivity contribution < 1.29 is 28.6 Å². The fraction of sp³-hybridized carbons (Fsp3) is 0.526. The molecule has 0 aliphatic rings. The molecule has 1 N–H and O–H groups in total. The van der Waals surface area contributed by atoms with E-state index in [9.17, 15) is 14.4 Å². The van der Waals surface area contributed by atoms with Gasteiger partial charge in [-0.1, -0.05) is 12.1 Å². The van der Waals surface area contributed by atoms with E-state index in [1.165, 1.54) is 0 Å². The number of carbonyl (C=O) groups excluding carboxylic acids is 3. The van der Waals surface area contributed by atoms with Gasteiger partial charge in [0.15, 0.2) is 0 Å². The Morgan fingerprint density at radius 3 is 2.19 bits per heavy atom. The fourth-order valence-electron chi connectivity index (χ4n) is 2.02. The van der Waals surface area contributed by atoms with Gasteiger partial charge in [-0.25, -0.2) is 4.79 Å². The van der Waals surface area contributed by atoms with Crippen LogP contribution in [-0.4, -0.2) is 36.8 Å². The molecule has 0 aliphatic carbocycles. The average molecular weight is 365 g/mol. The number of hydrogen-bond donors (Lipinski definition) is 1. The van der Waals surface area contributed by atoms with Crippen molar-refractivity contribution in [3.8, 4) is 0 Å². The maximum Gasteiger partial charge on any atom is 0.412 e. The zero-order valence-corrected chi connectivity index (χ0v) is 15.8. The molecule has 0 radical (unpaired) electrons. The maximum atomic E-state index is 11.7. The lowest BCUT2D eigenvalue weighted by molar-refractivity contribution is -0.154. The lowest BCUT2D eigenvalue weighted by Gasteiger charge is -2.19. The molecular formula is C19H27NO6. The van der Waals surface area contributed by atoms with Crippen LogP contribution in [0.25, 0.3) is 0 Å². The van der Waals surface area contributed by atoms with E-state index >= 15 is 0 Å². The van der Waals surface area contributed by atoms with E-state index in [1.807, 2.05) is 12.1 Å². The standard InChI is InChI=1S/C19H27NO6/c1-5-24-16(21)13-17(22)25-12-6-7-14-8-10-15(11-9-14)20-18(23)26-19(2,3)4/h8-11H,5-7,12-13H2,1-4H3,(H,20,23). The number of anilines is 1. The summed E-state index contributed by atoms with van der Waals surface area (Å²) in [5.41, 5.74) is 1.14. The van der Waals surface area contributed by atoms with Gasteiger partial charge in [-0.15, -0.1) is 0 Å². The van der Waals surface area contributed by atoms with Crippen LogP contribution in [0, 0.1) is 0 Å². The van der Waals surface area contributed by atoms with Crippen molar-refractivity contribution in [3.63, 3.8) is 0 Å². The minimum Gasteiger partial charge on any atom is -0.466 e. The summed E-state index contributed by atoms with van der Waals surface area (Å²) in [5, 5.41) is 2.66. The van der Waals surface area contributed by atoms with Crippen LogP contribution in [0.15, 0.2) is 24.3 Å². The summed E-state index contributed by atoms with van der Waals surface area (Å²) < 4.78 is 14.8. The quantitative estimate of drug-likeness (QED) is 0.328. The second-order valence-corrected chi connectivity index (χ2v) is 6.63. The van der Waals surface area contributed by atoms with Gasteiger partial charge in [-0.2, -0.15) is 0 Å². The smallest absolute Gasteiger partial charge is 0.412 e. The Morgan fingerprint density at radius 1 is 1.00 bits per heavy atom. The molecule has 0 saturated heterocycles. The number of amides is 1. The van der Waals surface area contributed by atoms with E-state index < -0.39 is 23.6 Å². The van der Waals surface area contributed by atoms with Gasteiger partial charge < -0.3 is 14.2 Å². The molecule has 0 spiro atoms. The van der Waals surface area contributed by atoms with Gasteiger partial charge in [-0.3, -0.25) is 14.9 Å². The van der Waals surface area contributed by atoms with Crippen molar-refractivity contribution in [1.29, 1.82) is 0 Å². The summed E-state index contributed by atoms with van der Waals surface area (Å²) >= 11 is 0. The van der Waals surface area contributed by atoms with Crippen molar-refractivity contribution in [1.82, 2.24) is 0 Å². The lowest BCUT2D eigenvalue weighted by atomic mass is 10.1. The predicted octanol–water partition coefficient (Wildman–Crippen LogP) is 3.46. The van der Waals surface area contributed by atoms with Crippen LogP contribution < -0.4 is 5.32 Å². The van der Waals surface area contributed by atoms with Gasteiger partial charge in [0.25, 0.3) is 0 Å². The number of nitrogens with one attached hydrogen (secondary N) is 1. The highest BCUT2D eigenvalue weighted by atomic mass is 16.6. The molecule has 0 unspecified atom stereocenters. The molecule has 1 amide bonds. The van der Waals surface area contributed by atoms with Gasteiger partial charge in [0, 0.05) is 5.69 Å². The van der Waals surface area contributed by atoms with Crippen LogP contribution in [0.2, 0.25) is 0 Å². The normalized spacial score (nSPS) is 10.8. The fourth-order valence-corrected chi connectivity index (χ4v) is 2.02. The van der Waals surface area contributed by atoms with Crippen LogP contribution in [-0.2, 0) is 30.2 Å². The van der Waals surface area contributed by atoms with Gasteiger partial charge in [-0.05, 0) is 58.2 Å². The monoisotopic (exact) mass is 365 g/mol. The van der Waals surface area contributed by atoms with E-state index in [1.54, 1.807) is 39.8 Å². The maximum absolute atomic E-state index is 11.7. The van der Waals surface area contributed by atoms with Crippen molar-refractivity contribution >= 4 is 23.7 Å². The van der Waals surface area contributed by atoms with Crippen molar-refractivity contribution in [2.45, 2.75) is 52.6 Å². The number of rotatable bonds is 8. The van der Waals surface area contributed by atoms with Gasteiger partial charge in [0.1, 0.15) is 12.0 Å². The highest BCUT2D eigenvalue weighted by Gasteiger charge is 2.16. The molecule has 0 saturated carbocycles. The number of ether oxygens (including phenoxy) is 3. The van der Waals surface area contributed by atoms with E-state index in [-0.39, 0.29) is 19.6 Å². The third kappa shape index (κ3) is 9.66. The molecule has 7 nitrogen and oxygen atoms in total. The zero-order valence-electron chi connectivity index (χ0n) is 15.8. The second-order valence-electron chi connectivity index (χ2n) is 6.63. The molecule has 0 bridgehead atoms. The van der Waals surface area contributed by atoms with Crippen LogP contribution in [0.1, 0.15) is 46.1 Å². The summed E-state index contributed by atoms with van der Waals surface area (Å²) in [4.78, 5) is 34.2. The molecular weight excluding hydrogens is 338 g/mol. The number of benzene rings is 1. The van der Waals surface area contributed by atoms with Crippen LogP contribution >= 0.6 is 0 Å². The molecule has 1 aromatic carbocycles. The Hall–Kier alpha value is -2.57. The third-order valence-electron chi connectivity index (χ3n) is 3.07. The summed E-state index contributed by atoms with van der Waals surface area (Å²) in [5.74, 6) is -1.16. The molecule has 144 valence electrons. The van der Waals surface area contributed by atoms with Crippen molar-refractivity contribution in [2.75, 3.05) is 18.5 Å². The largest absolute Gasteiger partial charge is 0.466 e. The molecule has 0 aromatic heterocycles. The Balaban J connectivity index is 2.29. The number of esters is 2. The van der Waals surface area contributed by atoms with Crippen molar-refractivity contribution in [2.24, 2.45) is 0 Å². The molecule has 0 fully saturated rings. The average Bonchev–Trinajstić information content (AvgIpc) is 2.51. The van der Waals surface area contributed by atoms with Crippen molar-refractivity contribution in [3.05, 3.63) is 29.8 Å². The summed E-state index contributed by atoms with van der Waals surface area (Å²) in [6.45, 7) is 7.55. The van der Waals surface area contributed by atoms with Crippen LogP contribution in [0.3, 0.4) is 0 Å². The zero-order chi connectivity index (χ0) is 19.6. The number of carbonyl (C=O) groups is 3. The summed E-state index contributed by atoms with van der Waals surface area (Å²) in [7, 11) is 0. The third-order valence-corrected chi connectivity index (χ3v) is 3.07. The Bertz CT molecular complexity index is 603. The summed E-state index contributed by atoms with van der Waals surface area (Å²) in [6, 6.07) is 7.33. The van der Waals surface area contributed by atoms with E-state index in [4.69, 9.17) is 9.47 Å². The molecule has 0 heterocycles. The number of hydrogen-bond acceptors (Lipinski definition) is 6. The van der Waals surface area contributed by atoms with E-state index in [0.717, 1.165) is 5.56 Å². The highest BCUT2D eigenvalue weighted by molar-refractivity contribution is 5.91. The summed E-state index contributed by atoms with van der Waals surface area (Å²) in [6.07, 6.45) is 0.477. The molecule has 26 heavy (non-hydrogen) atoms. The first-order chi connectivity index (χ1) is 12.2. The highest BCUT2D eigenvalue weighted by Crippen LogP contribution is 2.14. The Morgan fingerprint density at radius 2 is 1.62 bits per heavy atom. The van der Waals surface area contributed by atoms with E-state index in [2.05, 4.69) is 10.1 Å². The first kappa shape index (κ1) is 21.5. The lowest BCUT2D eigenvalue weighted by Crippen LogP contribution is -2.27. The van der Waals surface area contributed by atoms with Gasteiger partial charge in [0.05, 0.1) is 13.2 Å². The molecule has 0 atom stereocenters. The molecule has 1 rings (SSSR count). The topological polar surface area (TPSA) is 90.9 Å². The first-order valence-corrected chi connectivity index (χ1v) is 8.60. The van der Waals surface area contributed by atoms with Gasteiger partial charge in [0.2, 0.25) is 0 Å². The van der Waals surface area contributed by atoms with E-state index in [0.29, 0.717) is 18.5 Å². The Labute approximate surface area is 154 Å². The Kier molecular flexibility index (Phi) is 8.61. The second kappa shape index (κ2) is 10.4.